The molecular weight excluding hydrogens is 210 g/mol. The maximum absolute atomic E-state index is 5.08. The molecular formula is C15H25NO. The van der Waals surface area contributed by atoms with Gasteiger partial charge in [0, 0.05) is 19.8 Å². The molecule has 0 amide bonds. The Bertz CT molecular complexity index is 286. The van der Waals surface area contributed by atoms with Crippen molar-refractivity contribution in [3.05, 3.63) is 35.9 Å². The van der Waals surface area contributed by atoms with Gasteiger partial charge in [0.05, 0.1) is 0 Å². The highest BCUT2D eigenvalue weighted by molar-refractivity contribution is 5.19. The van der Waals surface area contributed by atoms with Crippen molar-refractivity contribution < 1.29 is 4.74 Å². The number of ether oxygens (including phenoxy) is 1. The smallest absolute Gasteiger partial charge is 0.0462 e. The largest absolute Gasteiger partial charge is 0.385 e. The third kappa shape index (κ3) is 4.88. The lowest BCUT2D eigenvalue weighted by Gasteiger charge is -2.24. The van der Waals surface area contributed by atoms with Crippen LogP contribution >= 0.6 is 0 Å². The summed E-state index contributed by atoms with van der Waals surface area (Å²) in [5.74, 6) is 0.652. The van der Waals surface area contributed by atoms with Gasteiger partial charge >= 0.3 is 0 Å². The Morgan fingerprint density at radius 2 is 1.88 bits per heavy atom. The van der Waals surface area contributed by atoms with E-state index in [9.17, 15) is 0 Å². The van der Waals surface area contributed by atoms with Crippen molar-refractivity contribution in [2.75, 3.05) is 20.8 Å². The molecule has 1 aromatic carbocycles. The van der Waals surface area contributed by atoms with Crippen molar-refractivity contribution >= 4 is 0 Å². The molecule has 1 N–H and O–H groups in total. The fourth-order valence-corrected chi connectivity index (χ4v) is 2.32. The van der Waals surface area contributed by atoms with Crippen molar-refractivity contribution in [2.45, 2.75) is 32.2 Å². The molecule has 0 spiro atoms. The Labute approximate surface area is 105 Å². The third-order valence-corrected chi connectivity index (χ3v) is 3.30. The van der Waals surface area contributed by atoms with Crippen LogP contribution in [0.15, 0.2) is 30.3 Å². The van der Waals surface area contributed by atoms with Gasteiger partial charge in [-0.05, 0) is 31.4 Å². The van der Waals surface area contributed by atoms with Gasteiger partial charge in [-0.15, -0.1) is 0 Å². The first-order chi connectivity index (χ1) is 8.29. The second kappa shape index (κ2) is 8.26. The van der Waals surface area contributed by atoms with Crippen molar-refractivity contribution in [3.63, 3.8) is 0 Å². The van der Waals surface area contributed by atoms with Crippen molar-refractivity contribution in [3.8, 4) is 0 Å². The second-order valence-electron chi connectivity index (χ2n) is 4.64. The SMILES string of the molecule is CNC(c1ccccc1)C(C)CCCCOC. The van der Waals surface area contributed by atoms with Gasteiger partial charge in [0.2, 0.25) is 0 Å². The van der Waals surface area contributed by atoms with E-state index in [2.05, 4.69) is 42.6 Å². The average molecular weight is 235 g/mol. The molecule has 2 heteroatoms. The third-order valence-electron chi connectivity index (χ3n) is 3.30. The number of rotatable bonds is 8. The molecule has 0 aliphatic rings. The lowest BCUT2D eigenvalue weighted by Crippen LogP contribution is -2.23. The average Bonchev–Trinajstić information content (AvgIpc) is 2.37. The summed E-state index contributed by atoms with van der Waals surface area (Å²) >= 11 is 0. The summed E-state index contributed by atoms with van der Waals surface area (Å²) in [6, 6.07) is 11.1. The maximum atomic E-state index is 5.08. The van der Waals surface area contributed by atoms with Crippen LogP contribution in [0.1, 0.15) is 37.8 Å². The van der Waals surface area contributed by atoms with E-state index in [-0.39, 0.29) is 0 Å². The fourth-order valence-electron chi connectivity index (χ4n) is 2.32. The Morgan fingerprint density at radius 3 is 2.47 bits per heavy atom. The standard InChI is InChI=1S/C15H25NO/c1-13(9-7-8-12-17-3)15(16-2)14-10-5-4-6-11-14/h4-6,10-11,13,15-16H,7-9,12H2,1-3H3. The number of hydrogen-bond acceptors (Lipinski definition) is 2. The molecule has 0 fully saturated rings. The van der Waals surface area contributed by atoms with Gasteiger partial charge < -0.3 is 10.1 Å². The van der Waals surface area contributed by atoms with Crippen LogP contribution in [0.25, 0.3) is 0 Å². The van der Waals surface area contributed by atoms with Crippen molar-refractivity contribution in [2.24, 2.45) is 5.92 Å². The van der Waals surface area contributed by atoms with E-state index in [1.165, 1.54) is 18.4 Å². The number of benzene rings is 1. The van der Waals surface area contributed by atoms with E-state index in [0.717, 1.165) is 13.0 Å². The van der Waals surface area contributed by atoms with Crippen LogP contribution in [-0.2, 0) is 4.74 Å². The quantitative estimate of drug-likeness (QED) is 0.697. The van der Waals surface area contributed by atoms with Gasteiger partial charge in [-0.25, -0.2) is 0 Å². The molecule has 0 saturated heterocycles. The number of hydrogen-bond donors (Lipinski definition) is 1. The van der Waals surface area contributed by atoms with Crippen molar-refractivity contribution in [1.29, 1.82) is 0 Å². The van der Waals surface area contributed by atoms with E-state index in [1.807, 2.05) is 7.05 Å². The molecule has 1 rings (SSSR count). The molecule has 0 bridgehead atoms. The topological polar surface area (TPSA) is 21.3 Å². The van der Waals surface area contributed by atoms with Gasteiger partial charge in [-0.2, -0.15) is 0 Å². The van der Waals surface area contributed by atoms with Crippen molar-refractivity contribution in [1.82, 2.24) is 5.32 Å². The van der Waals surface area contributed by atoms with Crippen LogP contribution < -0.4 is 5.32 Å². The van der Waals surface area contributed by atoms with E-state index in [4.69, 9.17) is 4.74 Å². The molecule has 0 aliphatic heterocycles. The number of unbranched alkanes of at least 4 members (excludes halogenated alkanes) is 1. The highest BCUT2D eigenvalue weighted by Gasteiger charge is 2.16. The minimum Gasteiger partial charge on any atom is -0.385 e. The molecule has 0 radical (unpaired) electrons. The molecule has 0 heterocycles. The Hall–Kier alpha value is -0.860. The minimum atomic E-state index is 0.457. The molecule has 0 saturated carbocycles. The van der Waals surface area contributed by atoms with E-state index < -0.39 is 0 Å². The van der Waals surface area contributed by atoms with E-state index in [1.54, 1.807) is 7.11 Å². The lowest BCUT2D eigenvalue weighted by molar-refractivity contribution is 0.189. The molecule has 0 aliphatic carbocycles. The van der Waals surface area contributed by atoms with Crippen LogP contribution in [0.5, 0.6) is 0 Å². The molecule has 17 heavy (non-hydrogen) atoms. The zero-order chi connectivity index (χ0) is 12.5. The predicted octanol–water partition coefficient (Wildman–Crippen LogP) is 3.40. The molecule has 2 atom stereocenters. The fraction of sp³-hybridized carbons (Fsp3) is 0.600. The predicted molar refractivity (Wildman–Crippen MR) is 73.1 cm³/mol. The van der Waals surface area contributed by atoms with Gasteiger partial charge in [-0.1, -0.05) is 43.7 Å². The zero-order valence-electron chi connectivity index (χ0n) is 11.3. The van der Waals surface area contributed by atoms with Gasteiger partial charge in [0.15, 0.2) is 0 Å². The second-order valence-corrected chi connectivity index (χ2v) is 4.64. The summed E-state index contributed by atoms with van der Waals surface area (Å²) < 4.78 is 5.08. The Morgan fingerprint density at radius 1 is 1.18 bits per heavy atom. The summed E-state index contributed by atoms with van der Waals surface area (Å²) in [6.45, 7) is 3.20. The summed E-state index contributed by atoms with van der Waals surface area (Å²) in [7, 11) is 3.81. The number of nitrogens with one attached hydrogen (secondary N) is 1. The Balaban J connectivity index is 2.44. The van der Waals surface area contributed by atoms with E-state index >= 15 is 0 Å². The molecule has 96 valence electrons. The maximum Gasteiger partial charge on any atom is 0.0462 e. The molecule has 2 nitrogen and oxygen atoms in total. The molecule has 0 aromatic heterocycles. The highest BCUT2D eigenvalue weighted by atomic mass is 16.5. The summed E-state index contributed by atoms with van der Waals surface area (Å²) in [4.78, 5) is 0. The normalized spacial score (nSPS) is 14.5. The molecule has 2 unspecified atom stereocenters. The first kappa shape index (κ1) is 14.2. The van der Waals surface area contributed by atoms with Gasteiger partial charge in [0.1, 0.15) is 0 Å². The van der Waals surface area contributed by atoms with E-state index in [0.29, 0.717) is 12.0 Å². The first-order valence-electron chi connectivity index (χ1n) is 6.50. The number of methoxy groups -OCH3 is 1. The van der Waals surface area contributed by atoms with Gasteiger partial charge in [-0.3, -0.25) is 0 Å². The van der Waals surface area contributed by atoms with Crippen LogP contribution in [0, 0.1) is 5.92 Å². The van der Waals surface area contributed by atoms with Crippen LogP contribution in [0.4, 0.5) is 0 Å². The van der Waals surface area contributed by atoms with Crippen LogP contribution in [-0.4, -0.2) is 20.8 Å². The van der Waals surface area contributed by atoms with Gasteiger partial charge in [0.25, 0.3) is 0 Å². The van der Waals surface area contributed by atoms with Crippen LogP contribution in [0.2, 0.25) is 0 Å². The summed E-state index contributed by atoms with van der Waals surface area (Å²) in [5, 5.41) is 3.43. The minimum absolute atomic E-state index is 0.457. The van der Waals surface area contributed by atoms with Crippen LogP contribution in [0.3, 0.4) is 0 Å². The molecule has 1 aromatic rings. The summed E-state index contributed by atoms with van der Waals surface area (Å²) in [5.41, 5.74) is 1.38. The zero-order valence-corrected chi connectivity index (χ0v) is 11.3. The first-order valence-corrected chi connectivity index (χ1v) is 6.50. The highest BCUT2D eigenvalue weighted by Crippen LogP contribution is 2.25. The monoisotopic (exact) mass is 235 g/mol. The Kier molecular flexibility index (Phi) is 6.90. The summed E-state index contributed by atoms with van der Waals surface area (Å²) in [6.07, 6.45) is 3.63. The lowest BCUT2D eigenvalue weighted by atomic mass is 9.90.